The van der Waals surface area contributed by atoms with Crippen LogP contribution >= 0.6 is 11.6 Å². The minimum Gasteiger partial charge on any atom is -0.496 e. The summed E-state index contributed by atoms with van der Waals surface area (Å²) in [4.78, 5) is 15.7. The third-order valence-corrected chi connectivity index (χ3v) is 9.23. The topological polar surface area (TPSA) is 72.1 Å². The van der Waals surface area contributed by atoms with Crippen molar-refractivity contribution in [2.45, 2.75) is 69.6 Å². The highest BCUT2D eigenvalue weighted by Gasteiger charge is 2.41. The molecular formula is C31H42ClN3O4. The first-order valence-corrected chi connectivity index (χ1v) is 14.6. The Morgan fingerprint density at radius 1 is 1.00 bits per heavy atom. The first-order valence-electron chi connectivity index (χ1n) is 14.2. The van der Waals surface area contributed by atoms with Gasteiger partial charge in [0.1, 0.15) is 11.5 Å². The van der Waals surface area contributed by atoms with Crippen molar-refractivity contribution in [3.05, 3.63) is 52.5 Å². The SMILES string of the molecule is COc1cc(NC(=O)N[C@@H]2CC(OC)C[C@H]2N2CCC(Cc3ccc(Cl)cc3)CC2)cc(OC)c1C1CC1C. The number of hydrogen-bond acceptors (Lipinski definition) is 5. The molecule has 1 heterocycles. The van der Waals surface area contributed by atoms with Crippen LogP contribution < -0.4 is 20.1 Å². The van der Waals surface area contributed by atoms with Crippen molar-refractivity contribution in [1.82, 2.24) is 10.2 Å². The van der Waals surface area contributed by atoms with Gasteiger partial charge in [-0.15, -0.1) is 0 Å². The predicted molar refractivity (Wildman–Crippen MR) is 155 cm³/mol. The van der Waals surface area contributed by atoms with E-state index in [0.29, 0.717) is 23.4 Å². The molecule has 2 aromatic rings. The molecule has 2 aliphatic carbocycles. The number of piperidine rings is 1. The summed E-state index contributed by atoms with van der Waals surface area (Å²) in [5.74, 6) is 3.25. The van der Waals surface area contributed by atoms with Crippen LogP contribution in [0.5, 0.6) is 11.5 Å². The third kappa shape index (κ3) is 6.64. The van der Waals surface area contributed by atoms with Gasteiger partial charge < -0.3 is 24.8 Å². The largest absolute Gasteiger partial charge is 0.496 e. The van der Waals surface area contributed by atoms with Gasteiger partial charge in [0.2, 0.25) is 0 Å². The zero-order valence-electron chi connectivity index (χ0n) is 23.5. The van der Waals surface area contributed by atoms with Gasteiger partial charge >= 0.3 is 6.03 Å². The molecule has 1 saturated heterocycles. The minimum atomic E-state index is -0.212. The fraction of sp³-hybridized carbons (Fsp3) is 0.581. The van der Waals surface area contributed by atoms with Crippen LogP contribution in [0.15, 0.2) is 36.4 Å². The number of urea groups is 1. The quantitative estimate of drug-likeness (QED) is 0.391. The lowest BCUT2D eigenvalue weighted by molar-refractivity contribution is 0.0859. The molecule has 2 saturated carbocycles. The Balaban J connectivity index is 1.20. The Labute approximate surface area is 237 Å². The highest BCUT2D eigenvalue weighted by molar-refractivity contribution is 6.30. The number of anilines is 1. The number of nitrogens with one attached hydrogen (secondary N) is 2. The summed E-state index contributed by atoms with van der Waals surface area (Å²) in [6.07, 6.45) is 6.41. The Kier molecular flexibility index (Phi) is 8.89. The van der Waals surface area contributed by atoms with Gasteiger partial charge in [-0.05, 0) is 87.1 Å². The van der Waals surface area contributed by atoms with Gasteiger partial charge in [0.15, 0.2) is 0 Å². The van der Waals surface area contributed by atoms with Crippen LogP contribution in [0.25, 0.3) is 0 Å². The van der Waals surface area contributed by atoms with E-state index in [1.807, 2.05) is 24.3 Å². The van der Waals surface area contributed by atoms with Crippen LogP contribution in [0, 0.1) is 11.8 Å². The Morgan fingerprint density at radius 3 is 2.21 bits per heavy atom. The van der Waals surface area contributed by atoms with Crippen molar-refractivity contribution < 1.29 is 19.0 Å². The molecule has 0 bridgehead atoms. The number of methoxy groups -OCH3 is 3. The molecule has 212 valence electrons. The molecule has 0 aromatic heterocycles. The number of ether oxygens (including phenoxy) is 3. The van der Waals surface area contributed by atoms with E-state index in [4.69, 9.17) is 25.8 Å². The zero-order valence-corrected chi connectivity index (χ0v) is 24.3. The molecule has 3 unspecified atom stereocenters. The van der Waals surface area contributed by atoms with Gasteiger partial charge in [0, 0.05) is 47.6 Å². The second kappa shape index (κ2) is 12.4. The smallest absolute Gasteiger partial charge is 0.319 e. The minimum absolute atomic E-state index is 0.0261. The van der Waals surface area contributed by atoms with E-state index in [2.05, 4.69) is 34.6 Å². The summed E-state index contributed by atoms with van der Waals surface area (Å²) in [7, 11) is 5.10. The number of nitrogens with zero attached hydrogens (tertiary/aromatic N) is 1. The maximum absolute atomic E-state index is 13.2. The van der Waals surface area contributed by atoms with Crippen molar-refractivity contribution in [1.29, 1.82) is 0 Å². The molecule has 0 spiro atoms. The van der Waals surface area contributed by atoms with Crippen molar-refractivity contribution in [3.63, 3.8) is 0 Å². The molecule has 3 aliphatic rings. The summed E-state index contributed by atoms with van der Waals surface area (Å²) < 4.78 is 17.1. The van der Waals surface area contributed by atoms with Gasteiger partial charge in [0.25, 0.3) is 0 Å². The predicted octanol–water partition coefficient (Wildman–Crippen LogP) is 6.10. The Bertz CT molecular complexity index is 1110. The summed E-state index contributed by atoms with van der Waals surface area (Å²) >= 11 is 6.05. The van der Waals surface area contributed by atoms with Crippen LogP contribution in [-0.4, -0.2) is 63.5 Å². The molecule has 8 heteroatoms. The maximum Gasteiger partial charge on any atom is 0.319 e. The molecule has 2 amide bonds. The molecule has 5 atom stereocenters. The monoisotopic (exact) mass is 555 g/mol. The summed E-state index contributed by atoms with van der Waals surface area (Å²) in [6.45, 7) is 4.31. The highest BCUT2D eigenvalue weighted by atomic mass is 35.5. The van der Waals surface area contributed by atoms with E-state index >= 15 is 0 Å². The van der Waals surface area contributed by atoms with E-state index < -0.39 is 0 Å². The van der Waals surface area contributed by atoms with Gasteiger partial charge in [0.05, 0.1) is 20.3 Å². The van der Waals surface area contributed by atoms with Crippen molar-refractivity contribution >= 4 is 23.3 Å². The van der Waals surface area contributed by atoms with Crippen molar-refractivity contribution in [3.8, 4) is 11.5 Å². The lowest BCUT2D eigenvalue weighted by Gasteiger charge is -2.38. The van der Waals surface area contributed by atoms with Gasteiger partial charge in [-0.2, -0.15) is 0 Å². The molecule has 2 N–H and O–H groups in total. The third-order valence-electron chi connectivity index (χ3n) is 8.97. The number of rotatable bonds is 9. The number of halogens is 1. The van der Waals surface area contributed by atoms with Crippen LogP contribution in [-0.2, 0) is 11.2 Å². The van der Waals surface area contributed by atoms with E-state index in [0.717, 1.165) is 73.7 Å². The van der Waals surface area contributed by atoms with Gasteiger partial charge in [-0.3, -0.25) is 4.90 Å². The number of likely N-dealkylation sites (tertiary alicyclic amines) is 1. The van der Waals surface area contributed by atoms with E-state index in [1.165, 1.54) is 5.56 Å². The molecule has 7 nitrogen and oxygen atoms in total. The first kappa shape index (κ1) is 28.1. The van der Waals surface area contributed by atoms with E-state index in [-0.39, 0.29) is 24.2 Å². The zero-order chi connectivity index (χ0) is 27.5. The van der Waals surface area contributed by atoms with Crippen LogP contribution in [0.2, 0.25) is 5.02 Å². The normalized spacial score (nSPS) is 27.3. The Hall–Kier alpha value is -2.48. The summed E-state index contributed by atoms with van der Waals surface area (Å²) in [5.41, 5.74) is 3.11. The van der Waals surface area contributed by atoms with Gasteiger partial charge in [-0.1, -0.05) is 30.7 Å². The Morgan fingerprint density at radius 2 is 1.64 bits per heavy atom. The standard InChI is InChI=1S/C31H42ClN3O4/c1-19-13-25(19)30-28(38-3)15-23(16-29(30)39-4)33-31(36)34-26-17-24(37-2)18-27(26)35-11-9-21(10-12-35)14-20-5-7-22(32)8-6-20/h5-8,15-16,19,21,24-27H,9-14,17-18H2,1-4H3,(H2,33,34,36)/t19?,24?,25?,26-,27-/m1/s1. The molecule has 5 rings (SSSR count). The molecule has 39 heavy (non-hydrogen) atoms. The molecule has 0 radical (unpaired) electrons. The van der Waals surface area contributed by atoms with Crippen molar-refractivity contribution in [2.75, 3.05) is 39.7 Å². The lowest BCUT2D eigenvalue weighted by Crippen LogP contribution is -2.52. The highest BCUT2D eigenvalue weighted by Crippen LogP contribution is 2.54. The molecule has 2 aromatic carbocycles. The average molecular weight is 556 g/mol. The fourth-order valence-electron chi connectivity index (χ4n) is 6.60. The fourth-order valence-corrected chi connectivity index (χ4v) is 6.73. The second-order valence-corrected chi connectivity index (χ2v) is 12.0. The molecule has 3 fully saturated rings. The average Bonchev–Trinajstić information content (AvgIpc) is 3.52. The van der Waals surface area contributed by atoms with Gasteiger partial charge in [-0.25, -0.2) is 4.79 Å². The maximum atomic E-state index is 13.2. The van der Waals surface area contributed by atoms with Crippen LogP contribution in [0.1, 0.15) is 56.1 Å². The summed E-state index contributed by atoms with van der Waals surface area (Å²) in [5, 5.41) is 7.08. The first-order chi connectivity index (χ1) is 18.9. The summed E-state index contributed by atoms with van der Waals surface area (Å²) in [6, 6.07) is 12.1. The number of carbonyl (C=O) groups is 1. The number of benzene rings is 2. The van der Waals surface area contributed by atoms with Crippen LogP contribution in [0.3, 0.4) is 0 Å². The van der Waals surface area contributed by atoms with E-state index in [1.54, 1.807) is 21.3 Å². The number of amides is 2. The van der Waals surface area contributed by atoms with E-state index in [9.17, 15) is 4.79 Å². The van der Waals surface area contributed by atoms with Crippen molar-refractivity contribution in [2.24, 2.45) is 11.8 Å². The molecule has 1 aliphatic heterocycles. The van der Waals surface area contributed by atoms with Crippen LogP contribution in [0.4, 0.5) is 10.5 Å². The second-order valence-electron chi connectivity index (χ2n) is 11.5. The molecular weight excluding hydrogens is 514 g/mol. The lowest BCUT2D eigenvalue weighted by atomic mass is 9.89. The number of hydrogen-bond donors (Lipinski definition) is 2. The number of carbonyl (C=O) groups excluding carboxylic acids is 1.